The lowest BCUT2D eigenvalue weighted by Crippen LogP contribution is -2.53. The molecule has 0 saturated heterocycles. The predicted molar refractivity (Wildman–Crippen MR) is 144 cm³/mol. The minimum Gasteiger partial charge on any atom is -0.352 e. The molecular formula is C28H39N3O4S. The number of hydrogen-bond acceptors (Lipinski definition) is 4. The molecule has 1 aliphatic carbocycles. The Bertz CT molecular complexity index is 1100. The van der Waals surface area contributed by atoms with Gasteiger partial charge in [-0.3, -0.25) is 13.9 Å². The smallest absolute Gasteiger partial charge is 0.244 e. The summed E-state index contributed by atoms with van der Waals surface area (Å²) in [4.78, 5) is 28.3. The highest BCUT2D eigenvalue weighted by atomic mass is 32.2. The Labute approximate surface area is 215 Å². The number of carbonyl (C=O) groups excluding carboxylic acids is 2. The third-order valence-corrected chi connectivity index (χ3v) is 8.06. The first-order valence-electron chi connectivity index (χ1n) is 12.9. The first-order valence-corrected chi connectivity index (χ1v) is 14.7. The maximum Gasteiger partial charge on any atom is 0.244 e. The van der Waals surface area contributed by atoms with Crippen molar-refractivity contribution in [3.05, 3.63) is 65.7 Å². The molecule has 1 N–H and O–H groups in total. The number of amides is 2. The lowest BCUT2D eigenvalue weighted by Gasteiger charge is -2.33. The van der Waals surface area contributed by atoms with Crippen LogP contribution in [0.15, 0.2) is 54.6 Å². The van der Waals surface area contributed by atoms with Crippen molar-refractivity contribution in [2.24, 2.45) is 0 Å². The van der Waals surface area contributed by atoms with Crippen LogP contribution in [0.3, 0.4) is 0 Å². The summed E-state index contributed by atoms with van der Waals surface area (Å²) in [7, 11) is -3.72. The van der Waals surface area contributed by atoms with E-state index < -0.39 is 22.0 Å². The molecule has 1 saturated carbocycles. The van der Waals surface area contributed by atoms with Crippen LogP contribution in [-0.4, -0.2) is 56.6 Å². The molecule has 1 aliphatic rings. The van der Waals surface area contributed by atoms with E-state index in [-0.39, 0.29) is 18.5 Å². The molecule has 0 aromatic heterocycles. The summed E-state index contributed by atoms with van der Waals surface area (Å²) in [6.45, 7) is 3.70. The zero-order chi connectivity index (χ0) is 26.1. The van der Waals surface area contributed by atoms with Gasteiger partial charge >= 0.3 is 0 Å². The van der Waals surface area contributed by atoms with Crippen LogP contribution in [0, 0.1) is 0 Å². The predicted octanol–water partition coefficient (Wildman–Crippen LogP) is 3.92. The second-order valence-corrected chi connectivity index (χ2v) is 11.5. The number of rotatable bonds is 11. The monoisotopic (exact) mass is 513 g/mol. The van der Waals surface area contributed by atoms with Crippen molar-refractivity contribution in [3.63, 3.8) is 0 Å². The Kier molecular flexibility index (Phi) is 9.93. The Morgan fingerprint density at radius 3 is 2.19 bits per heavy atom. The van der Waals surface area contributed by atoms with Gasteiger partial charge in [-0.2, -0.15) is 0 Å². The van der Waals surface area contributed by atoms with E-state index in [0.717, 1.165) is 53.8 Å². The number of aryl methyl sites for hydroxylation is 1. The number of sulfonamides is 1. The zero-order valence-corrected chi connectivity index (χ0v) is 22.5. The number of nitrogens with zero attached hydrogens (tertiary/aromatic N) is 2. The molecule has 196 valence electrons. The van der Waals surface area contributed by atoms with Gasteiger partial charge in [0, 0.05) is 12.6 Å². The van der Waals surface area contributed by atoms with Gasteiger partial charge < -0.3 is 10.2 Å². The van der Waals surface area contributed by atoms with Crippen molar-refractivity contribution in [1.82, 2.24) is 10.2 Å². The van der Waals surface area contributed by atoms with Crippen LogP contribution >= 0.6 is 0 Å². The molecule has 7 nitrogen and oxygen atoms in total. The van der Waals surface area contributed by atoms with Crippen LogP contribution in [0.2, 0.25) is 0 Å². The van der Waals surface area contributed by atoms with Crippen LogP contribution in [0.1, 0.15) is 57.1 Å². The Hall–Kier alpha value is -2.87. The first kappa shape index (κ1) is 27.7. The molecular weight excluding hydrogens is 474 g/mol. The Morgan fingerprint density at radius 1 is 0.972 bits per heavy atom. The van der Waals surface area contributed by atoms with Crippen molar-refractivity contribution in [1.29, 1.82) is 0 Å². The molecule has 2 amide bonds. The summed E-state index contributed by atoms with van der Waals surface area (Å²) in [6, 6.07) is 16.4. The highest BCUT2D eigenvalue weighted by molar-refractivity contribution is 7.92. The number of nitrogens with one attached hydrogen (secondary N) is 1. The molecule has 3 rings (SSSR count). The van der Waals surface area contributed by atoms with Gasteiger partial charge in [0.15, 0.2) is 0 Å². The molecule has 0 aliphatic heterocycles. The summed E-state index contributed by atoms with van der Waals surface area (Å²) in [5.74, 6) is -0.594. The van der Waals surface area contributed by atoms with Crippen LogP contribution in [0.5, 0.6) is 0 Å². The van der Waals surface area contributed by atoms with Crippen molar-refractivity contribution in [2.45, 2.75) is 70.9 Å². The molecule has 2 aromatic rings. The summed E-state index contributed by atoms with van der Waals surface area (Å²) >= 11 is 0. The molecule has 0 unspecified atom stereocenters. The maximum absolute atomic E-state index is 13.6. The molecule has 2 aromatic carbocycles. The second-order valence-electron chi connectivity index (χ2n) is 9.63. The fourth-order valence-electron chi connectivity index (χ4n) is 4.65. The van der Waals surface area contributed by atoms with Gasteiger partial charge in [-0.15, -0.1) is 0 Å². The SMILES string of the molecule is CCc1ccc(N(CC(=O)N(CCc2ccccc2)[C@@H](C)C(=O)NC2CCCCC2)S(C)(=O)=O)cc1. The normalized spacial score (nSPS) is 15.2. The van der Waals surface area contributed by atoms with Gasteiger partial charge in [-0.25, -0.2) is 8.42 Å². The van der Waals surface area contributed by atoms with Crippen LogP contribution < -0.4 is 9.62 Å². The van der Waals surface area contributed by atoms with E-state index >= 15 is 0 Å². The summed E-state index contributed by atoms with van der Waals surface area (Å²) in [6.07, 6.45) is 7.77. The zero-order valence-electron chi connectivity index (χ0n) is 21.7. The third-order valence-electron chi connectivity index (χ3n) is 6.91. The quantitative estimate of drug-likeness (QED) is 0.493. The van der Waals surface area contributed by atoms with Crippen molar-refractivity contribution in [2.75, 3.05) is 23.7 Å². The van der Waals surface area contributed by atoms with Gasteiger partial charge in [0.25, 0.3) is 0 Å². The number of benzene rings is 2. The van der Waals surface area contributed by atoms with Crippen molar-refractivity contribution < 1.29 is 18.0 Å². The average molecular weight is 514 g/mol. The molecule has 1 atom stereocenters. The largest absolute Gasteiger partial charge is 0.352 e. The third kappa shape index (κ3) is 7.82. The van der Waals surface area contributed by atoms with Gasteiger partial charge in [0.2, 0.25) is 21.8 Å². The van der Waals surface area contributed by atoms with E-state index in [1.165, 1.54) is 11.3 Å². The van der Waals surface area contributed by atoms with E-state index in [9.17, 15) is 18.0 Å². The lowest BCUT2D eigenvalue weighted by molar-refractivity contribution is -0.139. The minimum absolute atomic E-state index is 0.129. The molecule has 36 heavy (non-hydrogen) atoms. The number of anilines is 1. The fraction of sp³-hybridized carbons (Fsp3) is 0.500. The summed E-state index contributed by atoms with van der Waals surface area (Å²) in [5.41, 5.74) is 2.56. The molecule has 1 fully saturated rings. The van der Waals surface area contributed by atoms with E-state index in [2.05, 4.69) is 5.32 Å². The highest BCUT2D eigenvalue weighted by Gasteiger charge is 2.30. The highest BCUT2D eigenvalue weighted by Crippen LogP contribution is 2.20. The number of hydrogen-bond donors (Lipinski definition) is 1. The standard InChI is InChI=1S/C28H39N3O4S/c1-4-23-15-17-26(18-16-23)31(36(3,34)35)21-27(32)30(20-19-24-11-7-5-8-12-24)22(2)28(33)29-25-13-9-6-10-14-25/h5,7-8,11-12,15-18,22,25H,4,6,9-10,13-14,19-21H2,1-3H3,(H,29,33)/t22-/m0/s1. The topological polar surface area (TPSA) is 86.8 Å². The molecule has 0 bridgehead atoms. The fourth-order valence-corrected chi connectivity index (χ4v) is 5.50. The van der Waals surface area contributed by atoms with E-state index in [1.807, 2.05) is 49.4 Å². The minimum atomic E-state index is -3.72. The average Bonchev–Trinajstić information content (AvgIpc) is 2.88. The van der Waals surface area contributed by atoms with Gasteiger partial charge in [0.1, 0.15) is 12.6 Å². The van der Waals surface area contributed by atoms with Crippen molar-refractivity contribution >= 4 is 27.5 Å². The van der Waals surface area contributed by atoms with Crippen LogP contribution in [-0.2, 0) is 32.5 Å². The second kappa shape index (κ2) is 12.9. The van der Waals surface area contributed by atoms with Crippen molar-refractivity contribution in [3.8, 4) is 0 Å². The summed E-state index contributed by atoms with van der Waals surface area (Å²) in [5, 5.41) is 3.12. The first-order chi connectivity index (χ1) is 17.2. The maximum atomic E-state index is 13.6. The Morgan fingerprint density at radius 2 is 1.61 bits per heavy atom. The molecule has 8 heteroatoms. The Balaban J connectivity index is 1.80. The van der Waals surface area contributed by atoms with Crippen LogP contribution in [0.25, 0.3) is 0 Å². The molecule has 0 spiro atoms. The number of carbonyl (C=O) groups is 2. The van der Waals surface area contributed by atoms with E-state index in [0.29, 0.717) is 18.7 Å². The van der Waals surface area contributed by atoms with Gasteiger partial charge in [0.05, 0.1) is 11.9 Å². The van der Waals surface area contributed by atoms with E-state index in [4.69, 9.17) is 0 Å². The van der Waals surface area contributed by atoms with E-state index in [1.54, 1.807) is 19.1 Å². The molecule has 0 heterocycles. The lowest BCUT2D eigenvalue weighted by atomic mass is 9.95. The molecule has 0 radical (unpaired) electrons. The van der Waals surface area contributed by atoms with Gasteiger partial charge in [-0.05, 0) is 55.9 Å². The van der Waals surface area contributed by atoms with Crippen LogP contribution in [0.4, 0.5) is 5.69 Å². The summed E-state index contributed by atoms with van der Waals surface area (Å²) < 4.78 is 26.5. The van der Waals surface area contributed by atoms with Gasteiger partial charge in [-0.1, -0.05) is 68.7 Å².